The second-order valence-electron chi connectivity index (χ2n) is 3.65. The van der Waals surface area contributed by atoms with Crippen LogP contribution in [0.2, 0.25) is 0 Å². The van der Waals surface area contributed by atoms with Gasteiger partial charge >= 0.3 is 5.97 Å². The summed E-state index contributed by atoms with van der Waals surface area (Å²) in [6.45, 7) is 2.32. The van der Waals surface area contributed by atoms with Crippen molar-refractivity contribution in [2.24, 2.45) is 0 Å². The molecule has 8 heteroatoms. The average Bonchev–Trinajstić information content (AvgIpc) is 2.99. The third-order valence-corrected chi connectivity index (χ3v) is 2.21. The number of aryl methyl sites for hydroxylation is 1. The van der Waals surface area contributed by atoms with Crippen LogP contribution in [0.1, 0.15) is 35.5 Å². The van der Waals surface area contributed by atoms with E-state index in [-0.39, 0.29) is 12.2 Å². The molecule has 8 nitrogen and oxygen atoms in total. The van der Waals surface area contributed by atoms with Gasteiger partial charge in [-0.05, 0) is 6.42 Å². The fourth-order valence-electron chi connectivity index (χ4n) is 1.39. The van der Waals surface area contributed by atoms with E-state index >= 15 is 0 Å². The minimum Gasteiger partial charge on any atom is -0.464 e. The van der Waals surface area contributed by atoms with E-state index in [2.05, 4.69) is 25.2 Å². The number of rotatable bonds is 5. The molecule has 0 aliphatic heterocycles. The number of carbonyl (C=O) groups is 1. The first kappa shape index (κ1) is 12.2. The second-order valence-corrected chi connectivity index (χ2v) is 3.65. The Hall–Kier alpha value is -2.25. The molecule has 0 saturated carbocycles. The van der Waals surface area contributed by atoms with Crippen molar-refractivity contribution in [2.45, 2.75) is 26.3 Å². The Bertz CT molecular complexity index is 533. The summed E-state index contributed by atoms with van der Waals surface area (Å²) in [5.74, 6) is 0.569. The normalized spacial score (nSPS) is 10.6. The average molecular weight is 251 g/mol. The molecule has 0 amide bonds. The van der Waals surface area contributed by atoms with Gasteiger partial charge in [-0.1, -0.05) is 17.3 Å². The van der Waals surface area contributed by atoms with Gasteiger partial charge in [0.25, 0.3) is 0 Å². The molecule has 0 aliphatic rings. The summed E-state index contributed by atoms with van der Waals surface area (Å²) in [5, 5.41) is 11.3. The molecular formula is C10H13N5O3. The van der Waals surface area contributed by atoms with Gasteiger partial charge in [0.2, 0.25) is 5.89 Å². The molecule has 2 heterocycles. The Balaban J connectivity index is 2.04. The lowest BCUT2D eigenvalue weighted by Gasteiger charge is -1.92. The Morgan fingerprint density at radius 1 is 1.56 bits per heavy atom. The summed E-state index contributed by atoms with van der Waals surface area (Å²) >= 11 is 0. The highest BCUT2D eigenvalue weighted by Gasteiger charge is 2.12. The van der Waals surface area contributed by atoms with E-state index in [0.717, 1.165) is 12.8 Å². The van der Waals surface area contributed by atoms with Crippen molar-refractivity contribution in [1.82, 2.24) is 25.1 Å². The predicted octanol–water partition coefficient (Wildman–Crippen LogP) is 0.448. The largest absolute Gasteiger partial charge is 0.464 e. The summed E-state index contributed by atoms with van der Waals surface area (Å²) in [6, 6.07) is 0. The molecular weight excluding hydrogens is 238 g/mol. The van der Waals surface area contributed by atoms with Gasteiger partial charge in [0.05, 0.1) is 13.3 Å². The highest BCUT2D eigenvalue weighted by molar-refractivity contribution is 5.86. The van der Waals surface area contributed by atoms with Crippen LogP contribution in [0.25, 0.3) is 0 Å². The van der Waals surface area contributed by atoms with Gasteiger partial charge < -0.3 is 9.26 Å². The van der Waals surface area contributed by atoms with E-state index in [1.165, 1.54) is 18.0 Å². The maximum absolute atomic E-state index is 11.2. The number of hydrogen-bond acceptors (Lipinski definition) is 7. The van der Waals surface area contributed by atoms with Gasteiger partial charge in [-0.25, -0.2) is 9.48 Å². The van der Waals surface area contributed by atoms with Crippen molar-refractivity contribution in [3.8, 4) is 0 Å². The van der Waals surface area contributed by atoms with E-state index < -0.39 is 5.97 Å². The van der Waals surface area contributed by atoms with Crippen LogP contribution in [0.15, 0.2) is 10.7 Å². The van der Waals surface area contributed by atoms with Crippen molar-refractivity contribution in [3.05, 3.63) is 23.6 Å². The lowest BCUT2D eigenvalue weighted by atomic mass is 10.3. The van der Waals surface area contributed by atoms with Crippen molar-refractivity contribution < 1.29 is 14.1 Å². The molecule has 0 aromatic carbocycles. The number of nitrogens with zero attached hydrogens (tertiary/aromatic N) is 5. The second kappa shape index (κ2) is 5.39. The van der Waals surface area contributed by atoms with Crippen LogP contribution < -0.4 is 0 Å². The molecule has 0 bridgehead atoms. The molecule has 18 heavy (non-hydrogen) atoms. The molecule has 0 spiro atoms. The van der Waals surface area contributed by atoms with Gasteiger partial charge in [-0.2, -0.15) is 4.98 Å². The van der Waals surface area contributed by atoms with E-state index in [9.17, 15) is 4.79 Å². The number of aromatic nitrogens is 5. The number of carbonyl (C=O) groups excluding carboxylic acids is 1. The lowest BCUT2D eigenvalue weighted by Crippen LogP contribution is -2.02. The third-order valence-electron chi connectivity index (χ3n) is 2.21. The number of methoxy groups -OCH3 is 1. The summed E-state index contributed by atoms with van der Waals surface area (Å²) in [5.41, 5.74) is 0.144. The Labute approximate surface area is 103 Å². The van der Waals surface area contributed by atoms with Crippen LogP contribution in [0, 0.1) is 0 Å². The van der Waals surface area contributed by atoms with Crippen LogP contribution >= 0.6 is 0 Å². The molecule has 0 atom stereocenters. The zero-order valence-corrected chi connectivity index (χ0v) is 10.2. The maximum Gasteiger partial charge on any atom is 0.360 e. The minimum absolute atomic E-state index is 0.144. The predicted molar refractivity (Wildman–Crippen MR) is 58.8 cm³/mol. The van der Waals surface area contributed by atoms with Gasteiger partial charge in [0.1, 0.15) is 6.54 Å². The van der Waals surface area contributed by atoms with Gasteiger partial charge in [0.15, 0.2) is 11.5 Å². The van der Waals surface area contributed by atoms with Crippen molar-refractivity contribution in [2.75, 3.05) is 7.11 Å². The van der Waals surface area contributed by atoms with Crippen molar-refractivity contribution in [3.63, 3.8) is 0 Å². The standard InChI is InChI=1S/C10H13N5O3/c1-3-4-8-11-9(18-13-8)6-15-5-7(12-14-15)10(16)17-2/h5H,3-4,6H2,1-2H3. The number of esters is 1. The summed E-state index contributed by atoms with van der Waals surface area (Å²) in [6.07, 6.45) is 3.19. The Morgan fingerprint density at radius 2 is 2.39 bits per heavy atom. The summed E-state index contributed by atoms with van der Waals surface area (Å²) in [7, 11) is 1.29. The van der Waals surface area contributed by atoms with E-state index in [0.29, 0.717) is 11.7 Å². The molecule has 96 valence electrons. The zero-order chi connectivity index (χ0) is 13.0. The molecule has 2 rings (SSSR count). The minimum atomic E-state index is -0.529. The van der Waals surface area contributed by atoms with Crippen LogP contribution in [0.3, 0.4) is 0 Å². The molecule has 0 fully saturated rings. The molecule has 2 aromatic heterocycles. The monoisotopic (exact) mass is 251 g/mol. The quantitative estimate of drug-likeness (QED) is 0.711. The molecule has 2 aromatic rings. The van der Waals surface area contributed by atoms with E-state index in [4.69, 9.17) is 4.52 Å². The maximum atomic E-state index is 11.2. The highest BCUT2D eigenvalue weighted by Crippen LogP contribution is 2.03. The zero-order valence-electron chi connectivity index (χ0n) is 10.2. The molecule has 0 saturated heterocycles. The number of ether oxygens (including phenoxy) is 1. The third kappa shape index (κ3) is 2.70. The first-order valence-electron chi connectivity index (χ1n) is 5.52. The van der Waals surface area contributed by atoms with Crippen LogP contribution in [0.4, 0.5) is 0 Å². The van der Waals surface area contributed by atoms with Crippen LogP contribution in [0.5, 0.6) is 0 Å². The van der Waals surface area contributed by atoms with Gasteiger partial charge in [-0.15, -0.1) is 5.10 Å². The molecule has 0 aliphatic carbocycles. The Kier molecular flexibility index (Phi) is 3.66. The molecule has 0 N–H and O–H groups in total. The smallest absolute Gasteiger partial charge is 0.360 e. The molecule has 0 radical (unpaired) electrons. The lowest BCUT2D eigenvalue weighted by molar-refractivity contribution is 0.0594. The summed E-state index contributed by atoms with van der Waals surface area (Å²) < 4.78 is 11.0. The highest BCUT2D eigenvalue weighted by atomic mass is 16.5. The van der Waals surface area contributed by atoms with Crippen molar-refractivity contribution in [1.29, 1.82) is 0 Å². The van der Waals surface area contributed by atoms with Crippen molar-refractivity contribution >= 4 is 5.97 Å². The Morgan fingerprint density at radius 3 is 3.11 bits per heavy atom. The van der Waals surface area contributed by atoms with Gasteiger partial charge in [-0.3, -0.25) is 0 Å². The fraction of sp³-hybridized carbons (Fsp3) is 0.500. The fourth-order valence-corrected chi connectivity index (χ4v) is 1.39. The summed E-state index contributed by atoms with van der Waals surface area (Å²) in [4.78, 5) is 15.4. The SMILES string of the molecule is CCCc1noc(Cn2cc(C(=O)OC)nn2)n1. The topological polar surface area (TPSA) is 95.9 Å². The number of hydrogen-bond donors (Lipinski definition) is 0. The first-order valence-corrected chi connectivity index (χ1v) is 5.52. The van der Waals surface area contributed by atoms with E-state index in [1.54, 1.807) is 0 Å². The van der Waals surface area contributed by atoms with Gasteiger partial charge in [0, 0.05) is 6.42 Å². The van der Waals surface area contributed by atoms with E-state index in [1.807, 2.05) is 6.92 Å². The molecule has 0 unspecified atom stereocenters. The van der Waals surface area contributed by atoms with Crippen LogP contribution in [-0.4, -0.2) is 38.2 Å². The first-order chi connectivity index (χ1) is 8.72. The van der Waals surface area contributed by atoms with Crippen LogP contribution in [-0.2, 0) is 17.7 Å².